The zero-order valence-corrected chi connectivity index (χ0v) is 8.30. The summed E-state index contributed by atoms with van der Waals surface area (Å²) in [5.74, 6) is -0.313. The second-order valence-corrected chi connectivity index (χ2v) is 3.55. The molecule has 1 aliphatic rings. The Kier molecular flexibility index (Phi) is 3.30. The molecule has 1 atom stereocenters. The molecule has 0 fully saturated rings. The molecule has 72 valence electrons. The molecule has 0 aromatic carbocycles. The van der Waals surface area contributed by atoms with Crippen LogP contribution in [0.15, 0.2) is 10.2 Å². The van der Waals surface area contributed by atoms with E-state index in [0.29, 0.717) is 17.5 Å². The highest BCUT2D eigenvalue weighted by atomic mass is 32.2. The molecule has 0 aliphatic carbocycles. The van der Waals surface area contributed by atoms with Gasteiger partial charge < -0.3 is 10.5 Å². The van der Waals surface area contributed by atoms with Gasteiger partial charge in [0.2, 0.25) is 0 Å². The van der Waals surface area contributed by atoms with E-state index in [1.165, 1.54) is 0 Å². The first-order valence-corrected chi connectivity index (χ1v) is 4.74. The van der Waals surface area contributed by atoms with Crippen LogP contribution in [-0.4, -0.2) is 28.7 Å². The number of amidine groups is 1. The van der Waals surface area contributed by atoms with E-state index in [9.17, 15) is 4.79 Å². The third kappa shape index (κ3) is 2.45. The molecule has 1 heterocycles. The first-order chi connectivity index (χ1) is 6.15. The predicted molar refractivity (Wildman–Crippen MR) is 52.7 cm³/mol. The van der Waals surface area contributed by atoms with Gasteiger partial charge in [0.25, 0.3) is 0 Å². The molecule has 1 rings (SSSR count). The number of carbonyl (C=O) groups is 1. The van der Waals surface area contributed by atoms with Crippen molar-refractivity contribution in [1.29, 1.82) is 0 Å². The topological polar surface area (TPSA) is 77.0 Å². The number of thioether (sulfide) groups is 1. The Morgan fingerprint density at radius 2 is 2.38 bits per heavy atom. The number of nitrogens with zero attached hydrogens (tertiary/aromatic N) is 2. The van der Waals surface area contributed by atoms with E-state index in [4.69, 9.17) is 10.5 Å². The molecule has 0 spiro atoms. The van der Waals surface area contributed by atoms with Gasteiger partial charge in [-0.2, -0.15) is 5.10 Å². The average Bonchev–Trinajstić information content (AvgIpc) is 2.09. The SMILES string of the molecule is CCOC(=O)[C@@H]1SC(N)=NN=C1C. The molecule has 1 aliphatic heterocycles. The van der Waals surface area contributed by atoms with Crippen LogP contribution in [0.1, 0.15) is 13.8 Å². The van der Waals surface area contributed by atoms with E-state index < -0.39 is 5.25 Å². The van der Waals surface area contributed by atoms with Gasteiger partial charge in [0.05, 0.1) is 12.3 Å². The molecule has 13 heavy (non-hydrogen) atoms. The van der Waals surface area contributed by atoms with E-state index in [1.54, 1.807) is 13.8 Å². The fraction of sp³-hybridized carbons (Fsp3) is 0.571. The minimum absolute atomic E-state index is 0.295. The van der Waals surface area contributed by atoms with Crippen LogP contribution in [0.25, 0.3) is 0 Å². The number of rotatable bonds is 2. The van der Waals surface area contributed by atoms with E-state index in [-0.39, 0.29) is 5.97 Å². The van der Waals surface area contributed by atoms with Gasteiger partial charge in [-0.05, 0) is 13.8 Å². The summed E-state index contributed by atoms with van der Waals surface area (Å²) in [5.41, 5.74) is 6.04. The van der Waals surface area contributed by atoms with Crippen molar-refractivity contribution in [3.63, 3.8) is 0 Å². The van der Waals surface area contributed by atoms with Gasteiger partial charge >= 0.3 is 5.97 Å². The maximum atomic E-state index is 11.3. The van der Waals surface area contributed by atoms with Gasteiger partial charge in [0.1, 0.15) is 5.25 Å². The summed E-state index contributed by atoms with van der Waals surface area (Å²) < 4.78 is 4.85. The van der Waals surface area contributed by atoms with Crippen molar-refractivity contribution >= 4 is 28.6 Å². The maximum Gasteiger partial charge on any atom is 0.325 e. The first kappa shape index (κ1) is 10.0. The van der Waals surface area contributed by atoms with E-state index in [2.05, 4.69) is 10.2 Å². The van der Waals surface area contributed by atoms with Crippen molar-refractivity contribution < 1.29 is 9.53 Å². The second kappa shape index (κ2) is 4.27. The summed E-state index contributed by atoms with van der Waals surface area (Å²) in [6.45, 7) is 3.85. The number of ether oxygens (including phenoxy) is 1. The van der Waals surface area contributed by atoms with E-state index in [0.717, 1.165) is 11.8 Å². The summed E-state index contributed by atoms with van der Waals surface area (Å²) >= 11 is 1.16. The van der Waals surface area contributed by atoms with Crippen molar-refractivity contribution in [2.45, 2.75) is 19.1 Å². The fourth-order valence-corrected chi connectivity index (χ4v) is 1.56. The third-order valence-electron chi connectivity index (χ3n) is 1.43. The largest absolute Gasteiger partial charge is 0.465 e. The zero-order chi connectivity index (χ0) is 9.84. The highest BCUT2D eigenvalue weighted by Gasteiger charge is 2.27. The highest BCUT2D eigenvalue weighted by Crippen LogP contribution is 2.18. The van der Waals surface area contributed by atoms with E-state index >= 15 is 0 Å². The van der Waals surface area contributed by atoms with Crippen LogP contribution in [0.5, 0.6) is 0 Å². The van der Waals surface area contributed by atoms with Gasteiger partial charge in [-0.3, -0.25) is 4.79 Å². The van der Waals surface area contributed by atoms with Crippen molar-refractivity contribution in [3.05, 3.63) is 0 Å². The minimum atomic E-state index is -0.433. The number of hydrogen-bond acceptors (Lipinski definition) is 6. The number of nitrogens with two attached hydrogens (primary N) is 1. The Balaban J connectivity index is 2.67. The van der Waals surface area contributed by atoms with Crippen molar-refractivity contribution in [3.8, 4) is 0 Å². The summed E-state index contributed by atoms with van der Waals surface area (Å²) in [4.78, 5) is 11.3. The third-order valence-corrected chi connectivity index (χ3v) is 2.52. The molecule has 2 N–H and O–H groups in total. The van der Waals surface area contributed by atoms with Gasteiger partial charge in [-0.1, -0.05) is 11.8 Å². The van der Waals surface area contributed by atoms with E-state index in [1.807, 2.05) is 0 Å². The summed E-state index contributed by atoms with van der Waals surface area (Å²) in [7, 11) is 0. The molecular formula is C7H11N3O2S. The molecule has 0 bridgehead atoms. The van der Waals surface area contributed by atoms with Crippen LogP contribution in [-0.2, 0) is 9.53 Å². The molecule has 0 amide bonds. The van der Waals surface area contributed by atoms with Crippen LogP contribution < -0.4 is 5.73 Å². The highest BCUT2D eigenvalue weighted by molar-refractivity contribution is 8.15. The zero-order valence-electron chi connectivity index (χ0n) is 7.48. The lowest BCUT2D eigenvalue weighted by atomic mass is 10.3. The second-order valence-electron chi connectivity index (χ2n) is 2.43. The minimum Gasteiger partial charge on any atom is -0.465 e. The van der Waals surface area contributed by atoms with Crippen LogP contribution in [0.3, 0.4) is 0 Å². The Hall–Kier alpha value is -1.04. The smallest absolute Gasteiger partial charge is 0.325 e. The number of carbonyl (C=O) groups excluding carboxylic acids is 1. The normalized spacial score (nSPS) is 21.8. The van der Waals surface area contributed by atoms with Gasteiger partial charge in [-0.15, -0.1) is 5.10 Å². The fourth-order valence-electron chi connectivity index (χ4n) is 0.847. The number of esters is 1. The van der Waals surface area contributed by atoms with Crippen LogP contribution in [0.2, 0.25) is 0 Å². The predicted octanol–water partition coefficient (Wildman–Crippen LogP) is 0.356. The Morgan fingerprint density at radius 3 is 3.00 bits per heavy atom. The molecule has 6 heteroatoms. The monoisotopic (exact) mass is 201 g/mol. The molecule has 5 nitrogen and oxygen atoms in total. The van der Waals surface area contributed by atoms with Gasteiger partial charge in [0.15, 0.2) is 5.17 Å². The standard InChI is InChI=1S/C7H11N3O2S/c1-3-12-6(11)5-4(2)9-10-7(8)13-5/h5H,3H2,1-2H3,(H2,8,10)/t5-/m1/s1. The number of hydrogen-bond donors (Lipinski definition) is 1. The van der Waals surface area contributed by atoms with Crippen LogP contribution >= 0.6 is 11.8 Å². The summed E-state index contributed by atoms with van der Waals surface area (Å²) in [6.07, 6.45) is 0. The molecule has 0 radical (unpaired) electrons. The lowest BCUT2D eigenvalue weighted by molar-refractivity contribution is -0.141. The Labute approximate surface area is 80.4 Å². The quantitative estimate of drug-likeness (QED) is 0.654. The Morgan fingerprint density at radius 1 is 1.69 bits per heavy atom. The summed E-state index contributed by atoms with van der Waals surface area (Å²) in [6, 6.07) is 0. The van der Waals surface area contributed by atoms with Crippen molar-refractivity contribution in [2.24, 2.45) is 15.9 Å². The van der Waals surface area contributed by atoms with Gasteiger partial charge in [0, 0.05) is 0 Å². The first-order valence-electron chi connectivity index (χ1n) is 3.86. The average molecular weight is 201 g/mol. The lowest BCUT2D eigenvalue weighted by Gasteiger charge is -2.15. The molecule has 0 aromatic heterocycles. The van der Waals surface area contributed by atoms with Crippen LogP contribution in [0.4, 0.5) is 0 Å². The molecular weight excluding hydrogens is 190 g/mol. The summed E-state index contributed by atoms with van der Waals surface area (Å²) in [5, 5.41) is 7.26. The molecule has 0 aromatic rings. The van der Waals surface area contributed by atoms with Gasteiger partial charge in [-0.25, -0.2) is 0 Å². The molecule has 0 saturated carbocycles. The molecule has 0 unspecified atom stereocenters. The van der Waals surface area contributed by atoms with Crippen molar-refractivity contribution in [1.82, 2.24) is 0 Å². The molecule has 0 saturated heterocycles. The van der Waals surface area contributed by atoms with Crippen molar-refractivity contribution in [2.75, 3.05) is 6.61 Å². The van der Waals surface area contributed by atoms with Crippen LogP contribution in [0, 0.1) is 0 Å². The maximum absolute atomic E-state index is 11.3. The Bertz CT molecular complexity index is 275. The lowest BCUT2D eigenvalue weighted by Crippen LogP contribution is -2.32.